The Morgan fingerprint density at radius 1 is 1.43 bits per heavy atom. The Bertz CT molecular complexity index is 615. The Morgan fingerprint density at radius 3 is 2.67 bits per heavy atom. The van der Waals surface area contributed by atoms with Gasteiger partial charge in [-0.25, -0.2) is 9.36 Å². The van der Waals surface area contributed by atoms with E-state index in [1.54, 1.807) is 0 Å². The van der Waals surface area contributed by atoms with Gasteiger partial charge in [0, 0.05) is 6.20 Å². The van der Waals surface area contributed by atoms with Gasteiger partial charge in [0.2, 0.25) is 0 Å². The molecule has 2 rings (SSSR count). The minimum atomic E-state index is -4.74. The molecule has 11 nitrogen and oxygen atoms in total. The quantitative estimate of drug-likeness (QED) is 0.374. The Morgan fingerprint density at radius 2 is 2.10 bits per heavy atom. The van der Waals surface area contributed by atoms with Gasteiger partial charge in [-0.1, -0.05) is 0 Å². The first-order valence-electron chi connectivity index (χ1n) is 5.75. The first kappa shape index (κ1) is 16.0. The van der Waals surface area contributed by atoms with Gasteiger partial charge in [-0.2, -0.15) is 4.98 Å². The normalized spacial score (nSPS) is 29.7. The molecule has 1 fully saturated rings. The average Bonchev–Trinajstić information content (AvgIpc) is 2.64. The van der Waals surface area contributed by atoms with Crippen LogP contribution in [-0.2, 0) is 13.8 Å². The first-order chi connectivity index (χ1) is 9.69. The molecule has 6 N–H and O–H groups in total. The highest BCUT2D eigenvalue weighted by Crippen LogP contribution is 2.38. The van der Waals surface area contributed by atoms with E-state index in [9.17, 15) is 19.6 Å². The molecule has 0 aliphatic carbocycles. The summed E-state index contributed by atoms with van der Waals surface area (Å²) in [6.45, 7) is -0.657. The molecule has 1 aromatic rings. The third kappa shape index (κ3) is 3.66. The maximum atomic E-state index is 11.6. The summed E-state index contributed by atoms with van der Waals surface area (Å²) in [6.07, 6.45) is -4.27. The molecule has 0 aromatic carbocycles. The number of phosphoric acid groups is 1. The summed E-state index contributed by atoms with van der Waals surface area (Å²) in [5.41, 5.74) is 4.52. The van der Waals surface area contributed by atoms with Gasteiger partial charge < -0.3 is 30.5 Å². The molecule has 2 heterocycles. The Kier molecular flexibility index (Phi) is 4.44. The maximum absolute atomic E-state index is 11.6. The van der Waals surface area contributed by atoms with Crippen molar-refractivity contribution in [2.24, 2.45) is 0 Å². The molecule has 0 amide bonds. The van der Waals surface area contributed by atoms with Crippen LogP contribution in [0.4, 0.5) is 5.82 Å². The number of nitrogens with two attached hydrogens (primary N) is 1. The van der Waals surface area contributed by atoms with Crippen LogP contribution in [0.2, 0.25) is 0 Å². The van der Waals surface area contributed by atoms with Gasteiger partial charge in [-0.15, -0.1) is 0 Å². The average molecular weight is 323 g/mol. The van der Waals surface area contributed by atoms with Crippen molar-refractivity contribution in [2.45, 2.75) is 24.5 Å². The monoisotopic (exact) mass is 323 g/mol. The van der Waals surface area contributed by atoms with Crippen molar-refractivity contribution in [2.75, 3.05) is 12.3 Å². The lowest BCUT2D eigenvalue weighted by atomic mass is 10.1. The van der Waals surface area contributed by atoms with E-state index in [-0.39, 0.29) is 5.82 Å². The summed E-state index contributed by atoms with van der Waals surface area (Å²) < 4.78 is 20.9. The Balaban J connectivity index is 2.16. The minimum absolute atomic E-state index is 0.0225. The predicted molar refractivity (Wildman–Crippen MR) is 66.8 cm³/mol. The molecule has 0 spiro atoms. The topological polar surface area (TPSA) is 177 Å². The molecule has 1 aromatic heterocycles. The molecule has 1 aliphatic heterocycles. The van der Waals surface area contributed by atoms with Crippen LogP contribution in [-0.4, -0.2) is 54.5 Å². The van der Waals surface area contributed by atoms with Crippen molar-refractivity contribution in [3.05, 3.63) is 22.7 Å². The number of aliphatic hydroxyl groups excluding tert-OH is 2. The SMILES string of the molecule is Nc1ccn(C2O[C@H](COP(=O)(O)O)[C@@H](O)[C@@H]2O)c(=O)n1. The van der Waals surface area contributed by atoms with Crippen LogP contribution in [0.3, 0.4) is 0 Å². The minimum Gasteiger partial charge on any atom is -0.387 e. The molecule has 12 heteroatoms. The second kappa shape index (κ2) is 5.81. The fourth-order valence-corrected chi connectivity index (χ4v) is 2.23. The summed E-state index contributed by atoms with van der Waals surface area (Å²) in [6, 6.07) is 1.29. The highest BCUT2D eigenvalue weighted by Gasteiger charge is 2.44. The Hall–Kier alpha value is -1.33. The molecule has 0 radical (unpaired) electrons. The van der Waals surface area contributed by atoms with Crippen molar-refractivity contribution in [1.82, 2.24) is 9.55 Å². The van der Waals surface area contributed by atoms with Crippen LogP contribution in [0.15, 0.2) is 17.1 Å². The molecule has 118 valence electrons. The standard InChI is InChI=1S/C9H14N3O8P/c10-5-1-2-12(9(15)11-5)8-7(14)6(13)4(20-8)3-19-21(16,17)18/h1-2,4,6-8,13-14H,3H2,(H2,10,11,15)(H2,16,17,18)/t4-,6-,7+,8?/m1/s1. The molecule has 0 bridgehead atoms. The smallest absolute Gasteiger partial charge is 0.387 e. The zero-order valence-electron chi connectivity index (χ0n) is 10.5. The third-order valence-electron chi connectivity index (χ3n) is 2.87. The third-order valence-corrected chi connectivity index (χ3v) is 3.36. The number of anilines is 1. The van der Waals surface area contributed by atoms with Crippen molar-refractivity contribution in [3.8, 4) is 0 Å². The van der Waals surface area contributed by atoms with Gasteiger partial charge in [-0.05, 0) is 6.07 Å². The molecule has 21 heavy (non-hydrogen) atoms. The summed E-state index contributed by atoms with van der Waals surface area (Å²) in [5, 5.41) is 19.6. The molecule has 1 saturated heterocycles. The van der Waals surface area contributed by atoms with Gasteiger partial charge in [0.25, 0.3) is 0 Å². The highest BCUT2D eigenvalue weighted by molar-refractivity contribution is 7.46. The van der Waals surface area contributed by atoms with E-state index in [0.717, 1.165) is 4.57 Å². The Labute approximate surface area is 117 Å². The van der Waals surface area contributed by atoms with E-state index in [1.165, 1.54) is 12.3 Å². The van der Waals surface area contributed by atoms with E-state index in [0.29, 0.717) is 0 Å². The van der Waals surface area contributed by atoms with Crippen LogP contribution in [0.5, 0.6) is 0 Å². The number of aliphatic hydroxyl groups is 2. The van der Waals surface area contributed by atoms with Crippen molar-refractivity contribution >= 4 is 13.6 Å². The maximum Gasteiger partial charge on any atom is 0.469 e. The van der Waals surface area contributed by atoms with Crippen LogP contribution >= 0.6 is 7.82 Å². The van der Waals surface area contributed by atoms with Crippen LogP contribution in [0.25, 0.3) is 0 Å². The van der Waals surface area contributed by atoms with Gasteiger partial charge in [0.05, 0.1) is 6.61 Å². The van der Waals surface area contributed by atoms with Crippen molar-refractivity contribution in [3.63, 3.8) is 0 Å². The largest absolute Gasteiger partial charge is 0.469 e. The lowest BCUT2D eigenvalue weighted by molar-refractivity contribution is -0.0542. The highest BCUT2D eigenvalue weighted by atomic mass is 31.2. The summed E-state index contributed by atoms with van der Waals surface area (Å²) >= 11 is 0. The fourth-order valence-electron chi connectivity index (χ4n) is 1.89. The van der Waals surface area contributed by atoms with Gasteiger partial charge in [-0.3, -0.25) is 9.09 Å². The molecular weight excluding hydrogens is 309 g/mol. The predicted octanol–water partition coefficient (Wildman–Crippen LogP) is -2.45. The van der Waals surface area contributed by atoms with E-state index in [2.05, 4.69) is 9.51 Å². The molecule has 0 saturated carbocycles. The van der Waals surface area contributed by atoms with Crippen LogP contribution < -0.4 is 11.4 Å². The van der Waals surface area contributed by atoms with E-state index < -0.39 is 44.7 Å². The lowest BCUT2D eigenvalue weighted by Gasteiger charge is -2.16. The number of hydrogen-bond donors (Lipinski definition) is 5. The van der Waals surface area contributed by atoms with E-state index in [1.807, 2.05) is 0 Å². The zero-order chi connectivity index (χ0) is 15.8. The molecular formula is C9H14N3O8P. The van der Waals surface area contributed by atoms with Crippen molar-refractivity contribution < 1.29 is 33.8 Å². The zero-order valence-corrected chi connectivity index (χ0v) is 11.4. The van der Waals surface area contributed by atoms with Gasteiger partial charge in [0.1, 0.15) is 24.1 Å². The number of nitrogen functional groups attached to an aromatic ring is 1. The lowest BCUT2D eigenvalue weighted by Crippen LogP contribution is -2.36. The number of phosphoric ester groups is 1. The summed E-state index contributed by atoms with van der Waals surface area (Å²) in [4.78, 5) is 32.3. The number of aromatic nitrogens is 2. The summed E-state index contributed by atoms with van der Waals surface area (Å²) in [7, 11) is -4.74. The van der Waals surface area contributed by atoms with E-state index in [4.69, 9.17) is 20.3 Å². The molecule has 1 unspecified atom stereocenters. The number of hydrogen-bond acceptors (Lipinski definition) is 8. The number of rotatable bonds is 4. The summed E-state index contributed by atoms with van der Waals surface area (Å²) in [5.74, 6) is -0.0225. The second-order valence-electron chi connectivity index (χ2n) is 4.37. The van der Waals surface area contributed by atoms with Crippen molar-refractivity contribution in [1.29, 1.82) is 0 Å². The van der Waals surface area contributed by atoms with E-state index >= 15 is 0 Å². The van der Waals surface area contributed by atoms with Gasteiger partial charge >= 0.3 is 13.5 Å². The number of nitrogens with zero attached hydrogens (tertiary/aromatic N) is 2. The van der Waals surface area contributed by atoms with Crippen LogP contribution in [0, 0.1) is 0 Å². The molecule has 1 aliphatic rings. The fraction of sp³-hybridized carbons (Fsp3) is 0.556. The first-order valence-corrected chi connectivity index (χ1v) is 7.28. The number of ether oxygens (including phenoxy) is 1. The second-order valence-corrected chi connectivity index (χ2v) is 5.61. The van der Waals surface area contributed by atoms with Crippen LogP contribution in [0.1, 0.15) is 6.23 Å². The molecule has 4 atom stereocenters. The van der Waals surface area contributed by atoms with Gasteiger partial charge in [0.15, 0.2) is 6.23 Å².